The predicted molar refractivity (Wildman–Crippen MR) is 125 cm³/mol. The van der Waals surface area contributed by atoms with Crippen LogP contribution in [0.4, 0.5) is 17.3 Å². The molecule has 0 unspecified atom stereocenters. The maximum atomic E-state index is 12.7. The number of benzene rings is 1. The lowest BCUT2D eigenvalue weighted by Crippen LogP contribution is -2.49. The van der Waals surface area contributed by atoms with E-state index < -0.39 is 10.8 Å². The number of nitrogens with zero attached hydrogens (tertiary/aromatic N) is 5. The summed E-state index contributed by atoms with van der Waals surface area (Å²) < 4.78 is 0. The number of hydrogen-bond acceptors (Lipinski definition) is 8. The first-order valence-corrected chi connectivity index (χ1v) is 11.2. The van der Waals surface area contributed by atoms with Gasteiger partial charge in [0, 0.05) is 50.3 Å². The van der Waals surface area contributed by atoms with Crippen LogP contribution in [0.5, 0.6) is 0 Å². The molecule has 0 bridgehead atoms. The number of carbonyl (C=O) groups excluding carboxylic acids is 2. The molecule has 2 aromatic heterocycles. The number of nitrogens with one attached hydrogen (secondary N) is 1. The number of thiophene rings is 1. The van der Waals surface area contributed by atoms with Crippen molar-refractivity contribution in [2.45, 2.75) is 13.3 Å². The second kappa shape index (κ2) is 9.74. The maximum Gasteiger partial charge on any atom is 0.283 e. The van der Waals surface area contributed by atoms with E-state index in [0.717, 1.165) is 16.9 Å². The lowest BCUT2D eigenvalue weighted by Gasteiger charge is -2.34. The van der Waals surface area contributed by atoms with Crippen molar-refractivity contribution in [1.82, 2.24) is 14.9 Å². The number of hydrogen-bond donors (Lipinski definition) is 1. The lowest BCUT2D eigenvalue weighted by molar-refractivity contribution is -0.385. The van der Waals surface area contributed by atoms with Crippen molar-refractivity contribution in [2.24, 2.45) is 0 Å². The molecular weight excluding hydrogens is 444 g/mol. The fourth-order valence-electron chi connectivity index (χ4n) is 3.56. The molecule has 1 aliphatic rings. The average molecular weight is 467 g/mol. The summed E-state index contributed by atoms with van der Waals surface area (Å²) in [5.74, 6) is 0.316. The smallest absolute Gasteiger partial charge is 0.283 e. The topological polar surface area (TPSA) is 122 Å². The van der Waals surface area contributed by atoms with Gasteiger partial charge in [0.05, 0.1) is 21.1 Å². The molecule has 0 radical (unpaired) electrons. The highest BCUT2D eigenvalue weighted by molar-refractivity contribution is 7.14. The molecular formula is C22H22N6O4S. The van der Waals surface area contributed by atoms with Crippen LogP contribution in [0.3, 0.4) is 0 Å². The maximum absolute atomic E-state index is 12.7. The Morgan fingerprint density at radius 2 is 1.79 bits per heavy atom. The summed E-state index contributed by atoms with van der Waals surface area (Å²) in [6.45, 7) is 4.19. The van der Waals surface area contributed by atoms with Crippen molar-refractivity contribution in [1.29, 1.82) is 0 Å². The highest BCUT2D eigenvalue weighted by atomic mass is 32.1. The Labute approximate surface area is 194 Å². The summed E-state index contributed by atoms with van der Waals surface area (Å²) in [5, 5.41) is 13.7. The third kappa shape index (κ3) is 5.32. The summed E-state index contributed by atoms with van der Waals surface area (Å²) >= 11 is 1.08. The molecule has 11 heteroatoms. The van der Waals surface area contributed by atoms with Gasteiger partial charge in [0.2, 0.25) is 11.9 Å². The van der Waals surface area contributed by atoms with Crippen LogP contribution in [0.1, 0.15) is 20.1 Å². The fraction of sp³-hybridized carbons (Fsp3) is 0.273. The molecule has 1 aliphatic heterocycles. The van der Waals surface area contributed by atoms with Crippen molar-refractivity contribution < 1.29 is 14.5 Å². The van der Waals surface area contributed by atoms with Gasteiger partial charge in [-0.25, -0.2) is 9.97 Å². The van der Waals surface area contributed by atoms with Gasteiger partial charge in [-0.15, -0.1) is 11.3 Å². The number of rotatable bonds is 6. The molecule has 1 N–H and O–H groups in total. The van der Waals surface area contributed by atoms with E-state index in [1.165, 1.54) is 6.07 Å². The number of piperazine rings is 1. The van der Waals surface area contributed by atoms with Crippen LogP contribution in [-0.2, 0) is 11.2 Å². The summed E-state index contributed by atoms with van der Waals surface area (Å²) in [6.07, 6.45) is 3.68. The first-order chi connectivity index (χ1) is 15.9. The monoisotopic (exact) mass is 466 g/mol. The van der Waals surface area contributed by atoms with E-state index in [0.29, 0.717) is 42.7 Å². The van der Waals surface area contributed by atoms with Crippen molar-refractivity contribution >= 4 is 40.5 Å². The largest absolute Gasteiger partial charge is 0.339 e. The minimum absolute atomic E-state index is 0.0433. The van der Waals surface area contributed by atoms with Crippen LogP contribution in [0.15, 0.2) is 48.8 Å². The molecule has 170 valence electrons. The quantitative estimate of drug-likeness (QED) is 0.438. The number of anilines is 2. The normalized spacial score (nSPS) is 13.6. The summed E-state index contributed by atoms with van der Waals surface area (Å²) in [6, 6.07) is 10.1. The Morgan fingerprint density at radius 3 is 2.39 bits per heavy atom. The van der Waals surface area contributed by atoms with Crippen molar-refractivity contribution in [3.05, 3.63) is 74.2 Å². The van der Waals surface area contributed by atoms with Gasteiger partial charge in [-0.1, -0.05) is 12.1 Å². The van der Waals surface area contributed by atoms with E-state index in [-0.39, 0.29) is 22.9 Å². The van der Waals surface area contributed by atoms with Crippen molar-refractivity contribution in [3.63, 3.8) is 0 Å². The molecule has 3 aromatic rings. The van der Waals surface area contributed by atoms with Gasteiger partial charge in [-0.3, -0.25) is 19.7 Å². The van der Waals surface area contributed by atoms with Crippen LogP contribution in [0, 0.1) is 17.0 Å². The van der Waals surface area contributed by atoms with Gasteiger partial charge in [-0.05, 0) is 30.7 Å². The van der Waals surface area contributed by atoms with Gasteiger partial charge in [-0.2, -0.15) is 0 Å². The van der Waals surface area contributed by atoms with E-state index in [2.05, 4.69) is 20.2 Å². The standard InChI is InChI=1S/C22H22N6O4S/c1-15-18(28(31)32)14-19(33-15)21(30)25-17-5-3-16(4-6-17)13-20(29)26-9-11-27(12-10-26)22-23-7-2-8-24-22/h2-8,14H,9-13H2,1H3,(H,25,30). The van der Waals surface area contributed by atoms with Gasteiger partial charge < -0.3 is 15.1 Å². The molecule has 4 rings (SSSR count). The highest BCUT2D eigenvalue weighted by Crippen LogP contribution is 2.28. The Bertz CT molecular complexity index is 1160. The lowest BCUT2D eigenvalue weighted by atomic mass is 10.1. The minimum Gasteiger partial charge on any atom is -0.339 e. The molecule has 0 atom stereocenters. The third-order valence-electron chi connectivity index (χ3n) is 5.35. The molecule has 2 amide bonds. The molecule has 1 aromatic carbocycles. The number of nitro groups is 1. The van der Waals surface area contributed by atoms with Crippen LogP contribution >= 0.6 is 11.3 Å². The van der Waals surface area contributed by atoms with Crippen molar-refractivity contribution in [3.8, 4) is 0 Å². The Morgan fingerprint density at radius 1 is 1.12 bits per heavy atom. The molecule has 33 heavy (non-hydrogen) atoms. The number of aryl methyl sites for hydroxylation is 1. The molecule has 0 aliphatic carbocycles. The molecule has 10 nitrogen and oxygen atoms in total. The Hall–Kier alpha value is -3.86. The number of amides is 2. The van der Waals surface area contributed by atoms with Crippen LogP contribution < -0.4 is 10.2 Å². The summed E-state index contributed by atoms with van der Waals surface area (Å²) in [7, 11) is 0. The molecule has 1 fully saturated rings. The second-order valence-electron chi connectivity index (χ2n) is 7.55. The van der Waals surface area contributed by atoms with Gasteiger partial charge in [0.1, 0.15) is 0 Å². The molecule has 1 saturated heterocycles. The third-order valence-corrected chi connectivity index (χ3v) is 6.39. The SMILES string of the molecule is Cc1sc(C(=O)Nc2ccc(CC(=O)N3CCN(c4ncccn4)CC3)cc2)cc1[N+](=O)[O-]. The highest BCUT2D eigenvalue weighted by Gasteiger charge is 2.23. The van der Waals surface area contributed by atoms with Gasteiger partial charge >= 0.3 is 0 Å². The zero-order valence-electron chi connectivity index (χ0n) is 17.9. The van der Waals surface area contributed by atoms with E-state index >= 15 is 0 Å². The van der Waals surface area contributed by atoms with Crippen LogP contribution in [0.25, 0.3) is 0 Å². The molecule has 0 spiro atoms. The number of carbonyl (C=O) groups is 2. The second-order valence-corrected chi connectivity index (χ2v) is 8.81. The van der Waals surface area contributed by atoms with Crippen LogP contribution in [-0.4, -0.2) is 57.8 Å². The molecule has 0 saturated carbocycles. The van der Waals surface area contributed by atoms with E-state index in [1.807, 2.05) is 4.90 Å². The molecule has 3 heterocycles. The van der Waals surface area contributed by atoms with E-state index in [4.69, 9.17) is 0 Å². The van der Waals surface area contributed by atoms with Gasteiger partial charge in [0.15, 0.2) is 0 Å². The fourth-order valence-corrected chi connectivity index (χ4v) is 4.44. The zero-order chi connectivity index (χ0) is 23.4. The van der Waals surface area contributed by atoms with Crippen molar-refractivity contribution in [2.75, 3.05) is 36.4 Å². The average Bonchev–Trinajstić information content (AvgIpc) is 3.23. The first-order valence-electron chi connectivity index (χ1n) is 10.4. The Balaban J connectivity index is 1.29. The van der Waals surface area contributed by atoms with E-state index in [1.54, 1.807) is 49.6 Å². The van der Waals surface area contributed by atoms with E-state index in [9.17, 15) is 19.7 Å². The minimum atomic E-state index is -0.496. The Kier molecular flexibility index (Phi) is 6.59. The van der Waals surface area contributed by atoms with Gasteiger partial charge in [0.25, 0.3) is 11.6 Å². The summed E-state index contributed by atoms with van der Waals surface area (Å²) in [5.41, 5.74) is 1.34. The number of aromatic nitrogens is 2. The zero-order valence-corrected chi connectivity index (χ0v) is 18.7. The first kappa shape index (κ1) is 22.3. The van der Waals surface area contributed by atoms with Crippen LogP contribution in [0.2, 0.25) is 0 Å². The predicted octanol–water partition coefficient (Wildman–Crippen LogP) is 2.90. The summed E-state index contributed by atoms with van der Waals surface area (Å²) in [4.78, 5) is 48.7.